The van der Waals surface area contributed by atoms with E-state index in [1.54, 1.807) is 25.3 Å². The summed E-state index contributed by atoms with van der Waals surface area (Å²) in [5.74, 6) is 0.691. The molecule has 1 N–H and O–H groups in total. The van der Waals surface area contributed by atoms with Crippen LogP contribution < -0.4 is 19.7 Å². The van der Waals surface area contributed by atoms with E-state index < -0.39 is 0 Å². The maximum atomic E-state index is 11.9. The second-order valence-electron chi connectivity index (χ2n) is 4.85. The van der Waals surface area contributed by atoms with Crippen LogP contribution in [0.15, 0.2) is 18.2 Å². The summed E-state index contributed by atoms with van der Waals surface area (Å²) in [5, 5.41) is 2.80. The van der Waals surface area contributed by atoms with Crippen molar-refractivity contribution in [1.82, 2.24) is 5.32 Å². The number of hydrogen-bond acceptors (Lipinski definition) is 4. The van der Waals surface area contributed by atoms with Gasteiger partial charge in [0.1, 0.15) is 6.54 Å². The lowest BCUT2D eigenvalue weighted by atomic mass is 10.2. The zero-order valence-corrected chi connectivity index (χ0v) is 13.6. The standard InChI is InChI=1S/C16H24N2O4/c1-5-6-9-17-16(20)11-18(12(2)19)13-7-8-14(21-3)15(10-13)22-4/h7-8,10H,5-6,9,11H2,1-4H3,(H,17,20). The summed E-state index contributed by atoms with van der Waals surface area (Å²) < 4.78 is 10.4. The van der Waals surface area contributed by atoms with Crippen LogP contribution in [-0.2, 0) is 9.59 Å². The Balaban J connectivity index is 2.87. The average Bonchev–Trinajstić information content (AvgIpc) is 2.52. The van der Waals surface area contributed by atoms with Crippen molar-refractivity contribution in [2.75, 3.05) is 32.2 Å². The number of benzene rings is 1. The van der Waals surface area contributed by atoms with Crippen LogP contribution in [0.1, 0.15) is 26.7 Å². The number of rotatable bonds is 8. The number of unbranched alkanes of at least 4 members (excludes halogenated alkanes) is 1. The molecule has 0 atom stereocenters. The molecule has 0 aliphatic rings. The van der Waals surface area contributed by atoms with E-state index in [2.05, 4.69) is 12.2 Å². The van der Waals surface area contributed by atoms with E-state index in [4.69, 9.17) is 9.47 Å². The fraction of sp³-hybridized carbons (Fsp3) is 0.500. The van der Waals surface area contributed by atoms with Crippen LogP contribution in [0.5, 0.6) is 11.5 Å². The molecule has 22 heavy (non-hydrogen) atoms. The van der Waals surface area contributed by atoms with Crippen molar-refractivity contribution in [2.24, 2.45) is 0 Å². The van der Waals surface area contributed by atoms with Gasteiger partial charge in [0.05, 0.1) is 14.2 Å². The number of anilines is 1. The van der Waals surface area contributed by atoms with Crippen molar-refractivity contribution < 1.29 is 19.1 Å². The van der Waals surface area contributed by atoms with Gasteiger partial charge in [-0.25, -0.2) is 0 Å². The highest BCUT2D eigenvalue weighted by atomic mass is 16.5. The highest BCUT2D eigenvalue weighted by molar-refractivity contribution is 5.97. The summed E-state index contributed by atoms with van der Waals surface area (Å²) >= 11 is 0. The summed E-state index contributed by atoms with van der Waals surface area (Å²) in [4.78, 5) is 25.2. The Morgan fingerprint density at radius 3 is 2.41 bits per heavy atom. The molecule has 0 aliphatic carbocycles. The van der Waals surface area contributed by atoms with Gasteiger partial charge in [-0.2, -0.15) is 0 Å². The van der Waals surface area contributed by atoms with Gasteiger partial charge in [-0.05, 0) is 18.6 Å². The predicted octanol–water partition coefficient (Wildman–Crippen LogP) is 1.97. The molecule has 122 valence electrons. The van der Waals surface area contributed by atoms with E-state index in [1.165, 1.54) is 18.9 Å². The number of ether oxygens (including phenoxy) is 2. The monoisotopic (exact) mass is 308 g/mol. The first kappa shape index (κ1) is 17.8. The van der Waals surface area contributed by atoms with Gasteiger partial charge in [0.15, 0.2) is 11.5 Å². The van der Waals surface area contributed by atoms with Crippen LogP contribution in [0.3, 0.4) is 0 Å². The summed E-state index contributed by atoms with van der Waals surface area (Å²) in [6.07, 6.45) is 1.93. The first-order chi connectivity index (χ1) is 10.5. The zero-order valence-electron chi connectivity index (χ0n) is 13.6. The molecule has 6 nitrogen and oxygen atoms in total. The fourth-order valence-electron chi connectivity index (χ4n) is 1.98. The molecule has 0 unspecified atom stereocenters. The Kier molecular flexibility index (Phi) is 7.22. The van der Waals surface area contributed by atoms with Gasteiger partial charge < -0.3 is 19.7 Å². The first-order valence-corrected chi connectivity index (χ1v) is 7.30. The molecule has 0 saturated carbocycles. The second-order valence-corrected chi connectivity index (χ2v) is 4.85. The van der Waals surface area contributed by atoms with Crippen LogP contribution in [0.4, 0.5) is 5.69 Å². The molecular formula is C16H24N2O4. The van der Waals surface area contributed by atoms with Crippen LogP contribution in [0.2, 0.25) is 0 Å². The van der Waals surface area contributed by atoms with E-state index in [1.807, 2.05) is 0 Å². The molecule has 1 aromatic rings. The SMILES string of the molecule is CCCCNC(=O)CN(C(C)=O)c1ccc(OC)c(OC)c1. The average molecular weight is 308 g/mol. The minimum atomic E-state index is -0.210. The van der Waals surface area contributed by atoms with E-state index in [-0.39, 0.29) is 18.4 Å². The van der Waals surface area contributed by atoms with Crippen LogP contribution >= 0.6 is 0 Å². The Labute approximate surface area is 131 Å². The summed E-state index contributed by atoms with van der Waals surface area (Å²) in [7, 11) is 3.07. The molecule has 0 fully saturated rings. The highest BCUT2D eigenvalue weighted by Crippen LogP contribution is 2.31. The molecular weight excluding hydrogens is 284 g/mol. The van der Waals surface area contributed by atoms with Crippen molar-refractivity contribution in [3.63, 3.8) is 0 Å². The van der Waals surface area contributed by atoms with Crippen molar-refractivity contribution in [3.05, 3.63) is 18.2 Å². The first-order valence-electron chi connectivity index (χ1n) is 7.30. The highest BCUT2D eigenvalue weighted by Gasteiger charge is 2.17. The Hall–Kier alpha value is -2.24. The van der Waals surface area contributed by atoms with Crippen molar-refractivity contribution in [3.8, 4) is 11.5 Å². The molecule has 1 aromatic carbocycles. The number of methoxy groups -OCH3 is 2. The van der Waals surface area contributed by atoms with Crippen LogP contribution in [-0.4, -0.2) is 39.1 Å². The molecule has 1 rings (SSSR count). The van der Waals surface area contributed by atoms with Gasteiger partial charge in [0, 0.05) is 25.2 Å². The molecule has 0 bridgehead atoms. The second kappa shape index (κ2) is 8.92. The molecule has 0 aliphatic heterocycles. The fourth-order valence-corrected chi connectivity index (χ4v) is 1.98. The molecule has 0 heterocycles. The molecule has 2 amide bonds. The number of amides is 2. The quantitative estimate of drug-likeness (QED) is 0.746. The maximum Gasteiger partial charge on any atom is 0.240 e. The predicted molar refractivity (Wildman–Crippen MR) is 85.5 cm³/mol. The number of nitrogens with one attached hydrogen (secondary N) is 1. The van der Waals surface area contributed by atoms with Gasteiger partial charge in [0.2, 0.25) is 11.8 Å². The van der Waals surface area contributed by atoms with Crippen molar-refractivity contribution >= 4 is 17.5 Å². The normalized spacial score (nSPS) is 10.0. The minimum absolute atomic E-state index is 0.0193. The Morgan fingerprint density at radius 1 is 1.18 bits per heavy atom. The largest absolute Gasteiger partial charge is 0.493 e. The summed E-state index contributed by atoms with van der Waals surface area (Å²) in [6, 6.07) is 5.11. The topological polar surface area (TPSA) is 67.9 Å². The van der Waals surface area contributed by atoms with E-state index in [0.717, 1.165) is 12.8 Å². The molecule has 0 spiro atoms. The Morgan fingerprint density at radius 2 is 1.86 bits per heavy atom. The van der Waals surface area contributed by atoms with Crippen molar-refractivity contribution in [2.45, 2.75) is 26.7 Å². The van der Waals surface area contributed by atoms with Crippen LogP contribution in [0.25, 0.3) is 0 Å². The van der Waals surface area contributed by atoms with E-state index in [0.29, 0.717) is 23.7 Å². The number of carbonyl (C=O) groups is 2. The van der Waals surface area contributed by atoms with Gasteiger partial charge in [0.25, 0.3) is 0 Å². The third-order valence-corrected chi connectivity index (χ3v) is 3.21. The molecule has 0 saturated heterocycles. The van der Waals surface area contributed by atoms with Gasteiger partial charge in [-0.1, -0.05) is 13.3 Å². The third kappa shape index (κ3) is 4.95. The lowest BCUT2D eigenvalue weighted by Crippen LogP contribution is -2.40. The van der Waals surface area contributed by atoms with Gasteiger partial charge in [-0.3, -0.25) is 9.59 Å². The lowest BCUT2D eigenvalue weighted by molar-refractivity contribution is -0.123. The maximum absolute atomic E-state index is 11.9. The molecule has 0 aromatic heterocycles. The Bertz CT molecular complexity index is 517. The molecule has 0 radical (unpaired) electrons. The number of nitrogens with zero attached hydrogens (tertiary/aromatic N) is 1. The summed E-state index contributed by atoms with van der Waals surface area (Å²) in [6.45, 7) is 4.08. The number of carbonyl (C=O) groups excluding carboxylic acids is 2. The van der Waals surface area contributed by atoms with Crippen molar-refractivity contribution in [1.29, 1.82) is 0 Å². The third-order valence-electron chi connectivity index (χ3n) is 3.21. The number of hydrogen-bond donors (Lipinski definition) is 1. The van der Waals surface area contributed by atoms with Crippen LogP contribution in [0, 0.1) is 0 Å². The van der Waals surface area contributed by atoms with Gasteiger partial charge in [-0.15, -0.1) is 0 Å². The minimum Gasteiger partial charge on any atom is -0.493 e. The lowest BCUT2D eigenvalue weighted by Gasteiger charge is -2.22. The zero-order chi connectivity index (χ0) is 16.5. The summed E-state index contributed by atoms with van der Waals surface area (Å²) in [5.41, 5.74) is 0.593. The van der Waals surface area contributed by atoms with E-state index in [9.17, 15) is 9.59 Å². The van der Waals surface area contributed by atoms with E-state index >= 15 is 0 Å². The smallest absolute Gasteiger partial charge is 0.240 e. The molecule has 6 heteroatoms. The van der Waals surface area contributed by atoms with Gasteiger partial charge >= 0.3 is 0 Å².